The highest BCUT2D eigenvalue weighted by Gasteiger charge is 2.32. The summed E-state index contributed by atoms with van der Waals surface area (Å²) in [5, 5.41) is 24.5. The Morgan fingerprint density at radius 2 is 1.27 bits per heavy atom. The van der Waals surface area contributed by atoms with E-state index in [0.717, 1.165) is 0 Å². The first-order valence-corrected chi connectivity index (χ1v) is 8.87. The molecule has 0 heterocycles. The number of carboxylic acid groups (broad SMARTS) is 1. The average Bonchev–Trinajstić information content (AvgIpc) is 2.62. The molecule has 0 radical (unpaired) electrons. The fraction of sp³-hybridized carbons (Fsp3) is 0.625. The predicted molar refractivity (Wildman–Crippen MR) is 101 cm³/mol. The summed E-state index contributed by atoms with van der Waals surface area (Å²) in [5.74, 6) is -6.83. The summed E-state index contributed by atoms with van der Waals surface area (Å²) >= 11 is 0. The molecule has 14 nitrogen and oxygen atoms in total. The maximum atomic E-state index is 12.6. The van der Waals surface area contributed by atoms with E-state index in [1.54, 1.807) is 13.8 Å². The van der Waals surface area contributed by atoms with Gasteiger partial charge in [0.25, 0.3) is 0 Å². The zero-order valence-corrected chi connectivity index (χ0v) is 16.6. The van der Waals surface area contributed by atoms with Gasteiger partial charge >= 0.3 is 5.97 Å². The molecule has 0 saturated carbocycles. The molecular weight excluding hydrogens is 404 g/mol. The van der Waals surface area contributed by atoms with Gasteiger partial charge in [0.2, 0.25) is 29.5 Å². The number of hydrogen-bond donors (Lipinski definition) is 8. The van der Waals surface area contributed by atoms with Crippen LogP contribution in [0.15, 0.2) is 0 Å². The van der Waals surface area contributed by atoms with Gasteiger partial charge in [-0.05, 0) is 5.92 Å². The molecule has 0 aromatic heterocycles. The lowest BCUT2D eigenvalue weighted by atomic mass is 10.0. The predicted octanol–water partition coefficient (Wildman–Crippen LogP) is -4.75. The fourth-order valence-corrected chi connectivity index (χ4v) is 2.22. The zero-order valence-electron chi connectivity index (χ0n) is 16.6. The van der Waals surface area contributed by atoms with Gasteiger partial charge in [0.1, 0.15) is 24.2 Å². The van der Waals surface area contributed by atoms with Gasteiger partial charge in [0.05, 0.1) is 19.4 Å². The molecule has 5 amide bonds. The second-order valence-electron chi connectivity index (χ2n) is 6.82. The third-order valence-electron chi connectivity index (χ3n) is 3.84. The molecule has 14 heteroatoms. The number of rotatable bonds is 13. The molecule has 0 bridgehead atoms. The van der Waals surface area contributed by atoms with Crippen molar-refractivity contribution in [2.75, 3.05) is 6.61 Å². The van der Waals surface area contributed by atoms with Crippen molar-refractivity contribution >= 4 is 35.5 Å². The second kappa shape index (κ2) is 12.3. The lowest BCUT2D eigenvalue weighted by molar-refractivity contribution is -0.144. The number of primary amides is 2. The lowest BCUT2D eigenvalue weighted by Crippen LogP contribution is -2.59. The van der Waals surface area contributed by atoms with Gasteiger partial charge in [-0.15, -0.1) is 0 Å². The van der Waals surface area contributed by atoms with Crippen molar-refractivity contribution in [3.05, 3.63) is 0 Å². The first kappa shape index (κ1) is 26.7. The summed E-state index contributed by atoms with van der Waals surface area (Å²) in [7, 11) is 0. The molecule has 170 valence electrons. The molecule has 0 saturated heterocycles. The number of carboxylic acids is 1. The molecule has 11 N–H and O–H groups in total. The molecule has 0 spiro atoms. The van der Waals surface area contributed by atoms with Gasteiger partial charge in [-0.1, -0.05) is 13.8 Å². The molecule has 0 aromatic rings. The van der Waals surface area contributed by atoms with Crippen LogP contribution in [-0.2, 0) is 28.8 Å². The van der Waals surface area contributed by atoms with E-state index in [2.05, 4.69) is 10.6 Å². The Morgan fingerprint density at radius 1 is 0.800 bits per heavy atom. The maximum absolute atomic E-state index is 12.6. The number of carbonyl (C=O) groups excluding carboxylic acids is 5. The van der Waals surface area contributed by atoms with Gasteiger partial charge in [-0.3, -0.25) is 24.0 Å². The van der Waals surface area contributed by atoms with Crippen LogP contribution in [0.5, 0.6) is 0 Å². The number of nitrogens with two attached hydrogens (primary N) is 3. The molecule has 0 aliphatic carbocycles. The number of aliphatic hydroxyl groups excluding tert-OH is 1. The van der Waals surface area contributed by atoms with E-state index in [0.29, 0.717) is 0 Å². The third kappa shape index (κ3) is 9.29. The molecule has 4 atom stereocenters. The summed E-state index contributed by atoms with van der Waals surface area (Å²) in [4.78, 5) is 70.3. The lowest BCUT2D eigenvalue weighted by Gasteiger charge is -2.26. The van der Waals surface area contributed by atoms with Crippen LogP contribution in [0.3, 0.4) is 0 Å². The van der Waals surface area contributed by atoms with Gasteiger partial charge in [0, 0.05) is 0 Å². The Hall–Kier alpha value is -3.26. The number of amides is 5. The quantitative estimate of drug-likeness (QED) is 0.139. The van der Waals surface area contributed by atoms with Crippen molar-refractivity contribution in [2.45, 2.75) is 50.9 Å². The van der Waals surface area contributed by atoms with E-state index in [1.165, 1.54) is 0 Å². The smallest absolute Gasteiger partial charge is 0.326 e. The van der Waals surface area contributed by atoms with Gasteiger partial charge in [0.15, 0.2) is 0 Å². The van der Waals surface area contributed by atoms with Crippen LogP contribution in [0.4, 0.5) is 0 Å². The van der Waals surface area contributed by atoms with Crippen molar-refractivity contribution in [3.63, 3.8) is 0 Å². The Kier molecular flexibility index (Phi) is 11.0. The maximum Gasteiger partial charge on any atom is 0.326 e. The Labute approximate surface area is 171 Å². The second-order valence-corrected chi connectivity index (χ2v) is 6.82. The van der Waals surface area contributed by atoms with E-state index in [4.69, 9.17) is 27.4 Å². The van der Waals surface area contributed by atoms with E-state index in [1.807, 2.05) is 5.32 Å². The van der Waals surface area contributed by atoms with Gasteiger partial charge in [-0.2, -0.15) is 0 Å². The van der Waals surface area contributed by atoms with Crippen LogP contribution in [0.2, 0.25) is 0 Å². The molecule has 0 rings (SSSR count). The Balaban J connectivity index is 5.45. The minimum absolute atomic E-state index is 0.487. The highest BCUT2D eigenvalue weighted by atomic mass is 16.4. The van der Waals surface area contributed by atoms with Crippen molar-refractivity contribution in [3.8, 4) is 0 Å². The van der Waals surface area contributed by atoms with Crippen LogP contribution < -0.4 is 33.2 Å². The minimum Gasteiger partial charge on any atom is -0.480 e. The SMILES string of the molecule is CC(C)C(NC(=O)C(N)CO)C(=O)NC(CC(N)=O)C(=O)NC(CC(N)=O)C(=O)O. The normalized spacial score (nSPS) is 14.7. The molecule has 4 unspecified atom stereocenters. The average molecular weight is 432 g/mol. The zero-order chi connectivity index (χ0) is 23.6. The summed E-state index contributed by atoms with van der Waals surface area (Å²) in [6.45, 7) is 2.48. The monoisotopic (exact) mass is 432 g/mol. The molecular formula is C16H28N6O8. The highest BCUT2D eigenvalue weighted by molar-refractivity contribution is 5.96. The van der Waals surface area contributed by atoms with Crippen LogP contribution >= 0.6 is 0 Å². The van der Waals surface area contributed by atoms with Crippen LogP contribution in [-0.4, -0.2) is 76.5 Å². The molecule has 0 aliphatic rings. The molecule has 0 aromatic carbocycles. The highest BCUT2D eigenvalue weighted by Crippen LogP contribution is 2.05. The summed E-state index contributed by atoms with van der Waals surface area (Å²) in [6.07, 6.45) is -1.41. The van der Waals surface area contributed by atoms with E-state index < -0.39 is 85.0 Å². The minimum atomic E-state index is -1.69. The van der Waals surface area contributed by atoms with Crippen molar-refractivity contribution in [1.29, 1.82) is 0 Å². The van der Waals surface area contributed by atoms with Crippen LogP contribution in [0, 0.1) is 5.92 Å². The number of nitrogens with one attached hydrogen (secondary N) is 3. The van der Waals surface area contributed by atoms with Crippen molar-refractivity contribution < 1.29 is 39.0 Å². The van der Waals surface area contributed by atoms with Crippen molar-refractivity contribution in [1.82, 2.24) is 16.0 Å². The van der Waals surface area contributed by atoms with E-state index in [-0.39, 0.29) is 0 Å². The first-order valence-electron chi connectivity index (χ1n) is 8.87. The van der Waals surface area contributed by atoms with Crippen molar-refractivity contribution in [2.24, 2.45) is 23.1 Å². The Morgan fingerprint density at radius 3 is 1.67 bits per heavy atom. The van der Waals surface area contributed by atoms with Crippen LogP contribution in [0.25, 0.3) is 0 Å². The molecule has 0 fully saturated rings. The first-order chi connectivity index (χ1) is 13.8. The summed E-state index contributed by atoms with van der Waals surface area (Å²) in [5.41, 5.74) is 15.4. The van der Waals surface area contributed by atoms with E-state index in [9.17, 15) is 28.8 Å². The van der Waals surface area contributed by atoms with E-state index >= 15 is 0 Å². The summed E-state index contributed by atoms with van der Waals surface area (Å²) < 4.78 is 0. The summed E-state index contributed by atoms with van der Waals surface area (Å²) in [6, 6.07) is -5.76. The number of aliphatic hydroxyl groups is 1. The number of carbonyl (C=O) groups is 6. The largest absolute Gasteiger partial charge is 0.480 e. The standard InChI is InChI=1S/C16H28N6O8/c1-6(2)12(22-13(26)7(17)5-23)15(28)20-8(3-10(18)24)14(27)21-9(16(29)30)4-11(19)25/h6-9,12,23H,3-5,17H2,1-2H3,(H2,18,24)(H2,19,25)(H,20,28)(H,21,27)(H,22,26)(H,29,30). The topological polar surface area (TPSA) is 257 Å². The number of hydrogen-bond acceptors (Lipinski definition) is 8. The van der Waals surface area contributed by atoms with Crippen LogP contribution in [0.1, 0.15) is 26.7 Å². The fourth-order valence-electron chi connectivity index (χ4n) is 2.22. The molecule has 30 heavy (non-hydrogen) atoms. The molecule has 0 aliphatic heterocycles. The Bertz CT molecular complexity index is 683. The van der Waals surface area contributed by atoms with Gasteiger partial charge in [-0.25, -0.2) is 4.79 Å². The number of aliphatic carboxylic acids is 1. The third-order valence-corrected chi connectivity index (χ3v) is 3.84. The van der Waals surface area contributed by atoms with Gasteiger partial charge < -0.3 is 43.4 Å².